The van der Waals surface area contributed by atoms with Crippen molar-refractivity contribution in [3.8, 4) is 0 Å². The first kappa shape index (κ1) is 21.6. The molecular weight excluding hydrogens is 344 g/mol. The van der Waals surface area contributed by atoms with Crippen LogP contribution in [0.1, 0.15) is 45.6 Å². The summed E-state index contributed by atoms with van der Waals surface area (Å²) in [6, 6.07) is 3.51. The van der Waals surface area contributed by atoms with Gasteiger partial charge >= 0.3 is 0 Å². The van der Waals surface area contributed by atoms with E-state index < -0.39 is 41.3 Å². The molecule has 0 heterocycles. The summed E-state index contributed by atoms with van der Waals surface area (Å²) >= 11 is 0. The fourth-order valence-electron chi connectivity index (χ4n) is 2.77. The largest absolute Gasteiger partial charge is 0.392 e. The number of ketones is 2. The Labute approximate surface area is 151 Å². The fraction of sp³-hybridized carbons (Fsp3) is 0.421. The van der Waals surface area contributed by atoms with Crippen molar-refractivity contribution in [3.63, 3.8) is 0 Å². The highest BCUT2D eigenvalue weighted by Gasteiger charge is 2.43. The number of halogens is 2. The fourth-order valence-corrected chi connectivity index (χ4v) is 2.77. The molecule has 5 nitrogen and oxygen atoms in total. The van der Waals surface area contributed by atoms with Gasteiger partial charge in [-0.15, -0.1) is 0 Å². The van der Waals surface area contributed by atoms with Crippen molar-refractivity contribution in [1.82, 2.24) is 5.32 Å². The van der Waals surface area contributed by atoms with Crippen molar-refractivity contribution < 1.29 is 28.3 Å². The van der Waals surface area contributed by atoms with E-state index in [1.807, 2.05) is 0 Å². The van der Waals surface area contributed by atoms with Crippen LogP contribution in [0.15, 0.2) is 24.3 Å². The zero-order chi connectivity index (χ0) is 19.9. The molecule has 0 spiro atoms. The molecule has 0 aliphatic carbocycles. The van der Waals surface area contributed by atoms with Crippen LogP contribution in [0.25, 0.3) is 5.57 Å². The highest BCUT2D eigenvalue weighted by Crippen LogP contribution is 2.25. The Kier molecular flexibility index (Phi) is 7.76. The molecule has 26 heavy (non-hydrogen) atoms. The van der Waals surface area contributed by atoms with Gasteiger partial charge in [0, 0.05) is 31.7 Å². The molecule has 0 aromatic heterocycles. The summed E-state index contributed by atoms with van der Waals surface area (Å²) in [4.78, 5) is 36.5. The van der Waals surface area contributed by atoms with Crippen LogP contribution >= 0.6 is 0 Å². The normalized spacial score (nSPS) is 12.0. The summed E-state index contributed by atoms with van der Waals surface area (Å²) in [5.41, 5.74) is -1.94. The summed E-state index contributed by atoms with van der Waals surface area (Å²) in [6.07, 6.45) is 1.03. The summed E-state index contributed by atoms with van der Waals surface area (Å²) in [6.45, 7) is 3.68. The third-order valence-corrected chi connectivity index (χ3v) is 4.11. The maximum atomic E-state index is 14.0. The second kappa shape index (κ2) is 9.33. The van der Waals surface area contributed by atoms with E-state index in [-0.39, 0.29) is 30.4 Å². The topological polar surface area (TPSA) is 83.5 Å². The molecule has 0 aliphatic heterocycles. The van der Waals surface area contributed by atoms with Crippen LogP contribution in [-0.4, -0.2) is 34.7 Å². The maximum Gasteiger partial charge on any atom is 0.218 e. The van der Waals surface area contributed by atoms with Gasteiger partial charge in [0.25, 0.3) is 0 Å². The number of aliphatic hydroxyl groups is 1. The van der Waals surface area contributed by atoms with Gasteiger partial charge in [-0.25, -0.2) is 8.78 Å². The van der Waals surface area contributed by atoms with Crippen molar-refractivity contribution >= 4 is 23.0 Å². The van der Waals surface area contributed by atoms with Gasteiger partial charge in [-0.1, -0.05) is 32.1 Å². The van der Waals surface area contributed by atoms with E-state index >= 15 is 0 Å². The van der Waals surface area contributed by atoms with Crippen LogP contribution in [0, 0.1) is 11.6 Å². The second-order valence-electron chi connectivity index (χ2n) is 5.83. The number of amides is 1. The molecule has 1 rings (SSSR count). The Bertz CT molecular complexity index is 712. The Hall–Kier alpha value is -2.41. The molecule has 142 valence electrons. The Morgan fingerprint density at radius 3 is 2.19 bits per heavy atom. The second-order valence-corrected chi connectivity index (χ2v) is 5.83. The number of benzene rings is 1. The first-order chi connectivity index (χ1) is 12.2. The number of hydrogen-bond donors (Lipinski definition) is 2. The molecule has 0 atom stereocenters. The lowest BCUT2D eigenvalue weighted by molar-refractivity contribution is -0.140. The van der Waals surface area contributed by atoms with Crippen LogP contribution in [0.2, 0.25) is 0 Å². The number of Topliss-reactive ketones (excluding diaryl/α,β-unsaturated/α-hetero) is 2. The highest BCUT2D eigenvalue weighted by molar-refractivity contribution is 6.13. The third-order valence-electron chi connectivity index (χ3n) is 4.11. The van der Waals surface area contributed by atoms with Gasteiger partial charge in [0.2, 0.25) is 5.91 Å². The predicted molar refractivity (Wildman–Crippen MR) is 93.2 cm³/mol. The molecule has 0 unspecified atom stereocenters. The van der Waals surface area contributed by atoms with Crippen LogP contribution in [0.3, 0.4) is 0 Å². The van der Waals surface area contributed by atoms with E-state index in [2.05, 4.69) is 5.32 Å². The smallest absolute Gasteiger partial charge is 0.218 e. The first-order valence-corrected chi connectivity index (χ1v) is 8.33. The average Bonchev–Trinajstić information content (AvgIpc) is 2.62. The lowest BCUT2D eigenvalue weighted by Crippen LogP contribution is -2.59. The van der Waals surface area contributed by atoms with E-state index in [1.165, 1.54) is 25.1 Å². The zero-order valence-corrected chi connectivity index (χ0v) is 15.1. The van der Waals surface area contributed by atoms with E-state index in [1.54, 1.807) is 13.8 Å². The number of hydrogen-bond acceptors (Lipinski definition) is 4. The molecule has 0 aliphatic rings. The molecule has 0 fully saturated rings. The Morgan fingerprint density at radius 2 is 1.73 bits per heavy atom. The van der Waals surface area contributed by atoms with Gasteiger partial charge < -0.3 is 10.4 Å². The Balaban J connectivity index is 3.41. The van der Waals surface area contributed by atoms with Gasteiger partial charge in [0.15, 0.2) is 28.7 Å². The van der Waals surface area contributed by atoms with E-state index in [4.69, 9.17) is 0 Å². The minimum atomic E-state index is -1.79. The summed E-state index contributed by atoms with van der Waals surface area (Å²) in [7, 11) is 0. The van der Waals surface area contributed by atoms with Crippen LogP contribution in [0.4, 0.5) is 8.78 Å². The van der Waals surface area contributed by atoms with Gasteiger partial charge in [0.1, 0.15) is 0 Å². The number of carbonyl (C=O) groups excluding carboxylic acids is 3. The molecule has 0 radical (unpaired) electrons. The minimum Gasteiger partial charge on any atom is -0.392 e. The van der Waals surface area contributed by atoms with E-state index in [0.717, 1.165) is 6.07 Å². The summed E-state index contributed by atoms with van der Waals surface area (Å²) < 4.78 is 27.4. The number of aliphatic hydroxyl groups excluding tert-OH is 1. The van der Waals surface area contributed by atoms with Gasteiger partial charge in [-0.3, -0.25) is 14.4 Å². The van der Waals surface area contributed by atoms with Crippen molar-refractivity contribution in [3.05, 3.63) is 41.5 Å². The van der Waals surface area contributed by atoms with Crippen molar-refractivity contribution in [2.45, 2.75) is 45.6 Å². The standard InChI is InChI=1S/C19H23F2NO4/c1-4-16(25)19(17(26)5-2,22-12(3)24)10-9-13(11-23)14-7-6-8-15(20)18(14)21/h6-9,23H,4-5,10-11H2,1-3H3,(H,22,24)/b13-9+. The number of carbonyl (C=O) groups is 3. The minimum absolute atomic E-state index is 0.00262. The molecule has 1 amide bonds. The molecule has 7 heteroatoms. The molecule has 1 aromatic carbocycles. The van der Waals surface area contributed by atoms with Crippen LogP contribution < -0.4 is 5.32 Å². The molecule has 2 N–H and O–H groups in total. The number of rotatable bonds is 9. The lowest BCUT2D eigenvalue weighted by Gasteiger charge is -2.30. The SMILES string of the molecule is CCC(=O)C(C/C=C(\CO)c1cccc(F)c1F)(NC(C)=O)C(=O)CC. The van der Waals surface area contributed by atoms with E-state index in [0.29, 0.717) is 0 Å². The van der Waals surface area contributed by atoms with Gasteiger partial charge in [-0.05, 0) is 11.6 Å². The lowest BCUT2D eigenvalue weighted by atomic mass is 9.82. The van der Waals surface area contributed by atoms with Crippen LogP contribution in [-0.2, 0) is 14.4 Å². The predicted octanol–water partition coefficient (Wildman–Crippen LogP) is 2.56. The average molecular weight is 367 g/mol. The van der Waals surface area contributed by atoms with Gasteiger partial charge in [0.05, 0.1) is 6.61 Å². The monoisotopic (exact) mass is 367 g/mol. The molecule has 0 saturated heterocycles. The zero-order valence-electron chi connectivity index (χ0n) is 15.1. The molecule has 1 aromatic rings. The summed E-state index contributed by atoms with van der Waals surface area (Å²) in [5, 5.41) is 12.0. The maximum absolute atomic E-state index is 14.0. The van der Waals surface area contributed by atoms with Crippen molar-refractivity contribution in [1.29, 1.82) is 0 Å². The van der Waals surface area contributed by atoms with Crippen LogP contribution in [0.5, 0.6) is 0 Å². The highest BCUT2D eigenvalue weighted by atomic mass is 19.2. The van der Waals surface area contributed by atoms with Gasteiger partial charge in [-0.2, -0.15) is 0 Å². The van der Waals surface area contributed by atoms with E-state index in [9.17, 15) is 28.3 Å². The summed E-state index contributed by atoms with van der Waals surface area (Å²) in [5.74, 6) is -3.77. The van der Waals surface area contributed by atoms with Crippen molar-refractivity contribution in [2.24, 2.45) is 0 Å². The first-order valence-electron chi connectivity index (χ1n) is 8.33. The quantitative estimate of drug-likeness (QED) is 0.657. The van der Waals surface area contributed by atoms with Crippen molar-refractivity contribution in [2.75, 3.05) is 6.61 Å². The third kappa shape index (κ3) is 4.60. The molecule has 0 bridgehead atoms. The number of nitrogens with one attached hydrogen (secondary N) is 1. The molecular formula is C19H23F2NO4. The Morgan fingerprint density at radius 1 is 1.15 bits per heavy atom. The molecule has 0 saturated carbocycles.